The third-order valence-electron chi connectivity index (χ3n) is 4.67. The van der Waals surface area contributed by atoms with Gasteiger partial charge in [-0.25, -0.2) is 18.7 Å². The fourth-order valence-corrected chi connectivity index (χ4v) is 4.34. The summed E-state index contributed by atoms with van der Waals surface area (Å²) < 4.78 is 22.3. The molecule has 0 spiro atoms. The predicted molar refractivity (Wildman–Crippen MR) is 101 cm³/mol. The van der Waals surface area contributed by atoms with Crippen LogP contribution in [-0.4, -0.2) is 26.7 Å². The lowest BCUT2D eigenvalue weighted by atomic mass is 9.84. The van der Waals surface area contributed by atoms with E-state index in [0.29, 0.717) is 0 Å². The van der Waals surface area contributed by atoms with Gasteiger partial charge in [-0.2, -0.15) is 5.10 Å². The van der Waals surface area contributed by atoms with E-state index in [0.717, 1.165) is 33.7 Å². The van der Waals surface area contributed by atoms with Gasteiger partial charge in [-0.15, -0.1) is 11.3 Å². The van der Waals surface area contributed by atoms with Gasteiger partial charge in [0.15, 0.2) is 5.65 Å². The second-order valence-electron chi connectivity index (χ2n) is 6.40. The molecule has 0 radical (unpaired) electrons. The van der Waals surface area contributed by atoms with Crippen molar-refractivity contribution in [2.45, 2.75) is 25.2 Å². The molecule has 0 atom stereocenters. The van der Waals surface area contributed by atoms with Crippen LogP contribution in [-0.2, 0) is 7.05 Å². The van der Waals surface area contributed by atoms with Crippen molar-refractivity contribution in [2.75, 3.05) is 6.93 Å². The van der Waals surface area contributed by atoms with E-state index in [1.54, 1.807) is 4.68 Å². The first-order valence-electron chi connectivity index (χ1n) is 8.50. The fraction of sp³-hybridized carbons (Fsp3) is 0.316. The van der Waals surface area contributed by atoms with Crippen LogP contribution in [0.3, 0.4) is 0 Å². The SMILES string of the molecule is Cn1cc2cc(-c3ccc4sc(C5CCC5)cc4n3)cnc2n1.FCF. The number of rotatable bonds is 2. The average Bonchev–Trinajstić information content (AvgIpc) is 3.14. The molecular weight excluding hydrogens is 354 g/mol. The number of hydrogen-bond donors (Lipinski definition) is 0. The van der Waals surface area contributed by atoms with E-state index >= 15 is 0 Å². The molecule has 0 N–H and O–H groups in total. The Bertz CT molecular complexity index is 1050. The summed E-state index contributed by atoms with van der Waals surface area (Å²) in [6, 6.07) is 8.69. The summed E-state index contributed by atoms with van der Waals surface area (Å²) in [5, 5.41) is 5.37. The Balaban J connectivity index is 0.000000527. The van der Waals surface area contributed by atoms with E-state index in [1.807, 2.05) is 30.8 Å². The Morgan fingerprint density at radius 1 is 1.23 bits per heavy atom. The van der Waals surface area contributed by atoms with Gasteiger partial charge in [0.05, 0.1) is 15.9 Å². The van der Waals surface area contributed by atoms with Crippen molar-refractivity contribution in [2.24, 2.45) is 7.05 Å². The van der Waals surface area contributed by atoms with Crippen molar-refractivity contribution in [3.05, 3.63) is 41.5 Å². The first-order chi connectivity index (χ1) is 12.7. The molecule has 7 heteroatoms. The topological polar surface area (TPSA) is 43.6 Å². The van der Waals surface area contributed by atoms with Gasteiger partial charge in [-0.05, 0) is 43.0 Å². The lowest BCUT2D eigenvalue weighted by molar-refractivity contribution is 0.295. The summed E-state index contributed by atoms with van der Waals surface area (Å²) in [6.45, 7) is -1.75. The molecule has 134 valence electrons. The number of hydrogen-bond acceptors (Lipinski definition) is 4. The van der Waals surface area contributed by atoms with E-state index < -0.39 is 6.93 Å². The fourth-order valence-electron chi connectivity index (χ4n) is 3.17. The van der Waals surface area contributed by atoms with Crippen molar-refractivity contribution >= 4 is 32.6 Å². The van der Waals surface area contributed by atoms with Crippen LogP contribution in [0, 0.1) is 0 Å². The number of thiophene rings is 1. The van der Waals surface area contributed by atoms with E-state index in [2.05, 4.69) is 34.3 Å². The number of aryl methyl sites for hydroxylation is 1. The van der Waals surface area contributed by atoms with Crippen molar-refractivity contribution < 1.29 is 8.78 Å². The van der Waals surface area contributed by atoms with Gasteiger partial charge in [-0.1, -0.05) is 6.42 Å². The number of fused-ring (bicyclic) bond motifs is 2. The molecule has 0 amide bonds. The Kier molecular flexibility index (Phi) is 4.63. The third-order valence-corrected chi connectivity index (χ3v) is 5.92. The Labute approximate surface area is 153 Å². The van der Waals surface area contributed by atoms with Crippen LogP contribution in [0.15, 0.2) is 36.7 Å². The van der Waals surface area contributed by atoms with Crippen LogP contribution in [0.2, 0.25) is 0 Å². The molecule has 26 heavy (non-hydrogen) atoms. The highest BCUT2D eigenvalue weighted by molar-refractivity contribution is 7.19. The lowest BCUT2D eigenvalue weighted by Crippen LogP contribution is -2.06. The largest absolute Gasteiger partial charge is 0.273 e. The van der Waals surface area contributed by atoms with Crippen LogP contribution in [0.5, 0.6) is 0 Å². The van der Waals surface area contributed by atoms with Crippen LogP contribution < -0.4 is 0 Å². The van der Waals surface area contributed by atoms with Crippen LogP contribution in [0.25, 0.3) is 32.5 Å². The number of pyridine rings is 2. The summed E-state index contributed by atoms with van der Waals surface area (Å²) in [6.07, 6.45) is 7.89. The van der Waals surface area contributed by atoms with Gasteiger partial charge in [-0.3, -0.25) is 4.68 Å². The zero-order chi connectivity index (χ0) is 18.1. The third kappa shape index (κ3) is 3.19. The summed E-state index contributed by atoms with van der Waals surface area (Å²) >= 11 is 1.90. The van der Waals surface area contributed by atoms with Crippen LogP contribution in [0.4, 0.5) is 8.78 Å². The van der Waals surface area contributed by atoms with Gasteiger partial charge in [0, 0.05) is 35.3 Å². The highest BCUT2D eigenvalue weighted by Gasteiger charge is 2.21. The molecule has 0 saturated heterocycles. The molecule has 1 aliphatic rings. The monoisotopic (exact) mass is 372 g/mol. The molecule has 1 aliphatic carbocycles. The number of nitrogens with zero attached hydrogens (tertiary/aromatic N) is 4. The Hall–Kier alpha value is -2.41. The van der Waals surface area contributed by atoms with E-state index in [4.69, 9.17) is 4.98 Å². The molecule has 0 aliphatic heterocycles. The second-order valence-corrected chi connectivity index (χ2v) is 7.51. The molecule has 4 nitrogen and oxygen atoms in total. The van der Waals surface area contributed by atoms with Crippen molar-refractivity contribution in [3.63, 3.8) is 0 Å². The van der Waals surface area contributed by atoms with Crippen LogP contribution in [0.1, 0.15) is 30.1 Å². The average molecular weight is 372 g/mol. The summed E-state index contributed by atoms with van der Waals surface area (Å²) in [5.74, 6) is 0.769. The first-order valence-corrected chi connectivity index (χ1v) is 9.32. The maximum absolute atomic E-state index is 9.62. The molecule has 1 saturated carbocycles. The standard InChI is InChI=1S/C18H16N4S.CH2F2/c1-22-10-13-7-12(9-19-18(13)21-22)14-5-6-16-15(20-14)8-17(23-16)11-3-2-4-11;2-1-3/h5-11H,2-4H2,1H3;1H2. The lowest BCUT2D eigenvalue weighted by Gasteiger charge is -2.23. The molecule has 5 rings (SSSR count). The minimum Gasteiger partial charge on any atom is -0.273 e. The minimum absolute atomic E-state index is 0.769. The predicted octanol–water partition coefficient (Wildman–Crippen LogP) is 5.40. The zero-order valence-corrected chi connectivity index (χ0v) is 15.1. The summed E-state index contributed by atoms with van der Waals surface area (Å²) in [4.78, 5) is 10.8. The van der Waals surface area contributed by atoms with Gasteiger partial charge in [0.2, 0.25) is 6.93 Å². The van der Waals surface area contributed by atoms with E-state index in [9.17, 15) is 8.78 Å². The summed E-state index contributed by atoms with van der Waals surface area (Å²) in [5.41, 5.74) is 3.92. The highest BCUT2D eigenvalue weighted by atomic mass is 32.1. The van der Waals surface area contributed by atoms with E-state index in [1.165, 1.54) is 28.8 Å². The molecule has 0 aromatic carbocycles. The smallest absolute Gasteiger partial charge is 0.229 e. The normalized spacial score (nSPS) is 14.3. The number of aromatic nitrogens is 4. The van der Waals surface area contributed by atoms with Crippen molar-refractivity contribution in [1.82, 2.24) is 19.7 Å². The maximum Gasteiger partial charge on any atom is 0.229 e. The van der Waals surface area contributed by atoms with Crippen molar-refractivity contribution in [1.29, 1.82) is 0 Å². The zero-order valence-electron chi connectivity index (χ0n) is 14.3. The number of halogens is 2. The summed E-state index contributed by atoms with van der Waals surface area (Å²) in [7, 11) is 1.92. The molecule has 4 heterocycles. The minimum atomic E-state index is -1.75. The quantitative estimate of drug-likeness (QED) is 0.473. The number of alkyl halides is 2. The molecule has 1 fully saturated rings. The van der Waals surface area contributed by atoms with Gasteiger partial charge >= 0.3 is 0 Å². The van der Waals surface area contributed by atoms with Crippen molar-refractivity contribution in [3.8, 4) is 11.3 Å². The van der Waals surface area contributed by atoms with Gasteiger partial charge < -0.3 is 0 Å². The molecule has 0 bridgehead atoms. The highest BCUT2D eigenvalue weighted by Crippen LogP contribution is 2.41. The first kappa shape index (κ1) is 17.0. The Morgan fingerprint density at radius 3 is 2.77 bits per heavy atom. The van der Waals surface area contributed by atoms with Crippen LogP contribution >= 0.6 is 11.3 Å². The van der Waals surface area contributed by atoms with Gasteiger partial charge in [0.25, 0.3) is 0 Å². The maximum atomic E-state index is 9.62. The molecule has 4 aromatic rings. The Morgan fingerprint density at radius 2 is 2.04 bits per heavy atom. The molecule has 4 aromatic heterocycles. The second kappa shape index (κ2) is 7.07. The molecule has 0 unspecified atom stereocenters. The van der Waals surface area contributed by atoms with Gasteiger partial charge in [0.1, 0.15) is 0 Å². The van der Waals surface area contributed by atoms with E-state index in [-0.39, 0.29) is 0 Å². The molecular formula is C19H18F2N4S.